The molecule has 12 heteroatoms. The quantitative estimate of drug-likeness (QED) is 0.315. The van der Waals surface area contributed by atoms with Crippen LogP contribution in [0.1, 0.15) is 24.0 Å². The fourth-order valence-electron chi connectivity index (χ4n) is 3.16. The molecule has 6 nitrogen and oxygen atoms in total. The molecule has 3 rings (SSSR count). The number of alkyl halides is 3. The van der Waals surface area contributed by atoms with Gasteiger partial charge in [-0.15, -0.1) is 0 Å². The molecule has 0 spiro atoms. The number of carbonyl (C=O) groups is 1. The van der Waals surface area contributed by atoms with Gasteiger partial charge in [0.1, 0.15) is 18.8 Å². The van der Waals surface area contributed by atoms with Gasteiger partial charge in [-0.2, -0.15) is 13.2 Å². The van der Waals surface area contributed by atoms with Crippen LogP contribution in [0.5, 0.6) is 0 Å². The molecule has 172 valence electrons. The second-order valence-corrected chi connectivity index (χ2v) is 8.29. The van der Waals surface area contributed by atoms with Gasteiger partial charge in [0.25, 0.3) is 0 Å². The number of pyridine rings is 1. The van der Waals surface area contributed by atoms with Crippen molar-refractivity contribution < 1.29 is 22.8 Å². The SMILES string of the molecule is O=C(N/C=N\OCc1ccc(Cl)cc1Cl)C1CCN(c2ncc(C(F)(F)F)cc2Cl)CC1. The maximum Gasteiger partial charge on any atom is 0.417 e. The molecule has 32 heavy (non-hydrogen) atoms. The normalized spacial score (nSPS) is 15.2. The van der Waals surface area contributed by atoms with E-state index in [2.05, 4.69) is 15.5 Å². The zero-order valence-corrected chi connectivity index (χ0v) is 18.8. The minimum absolute atomic E-state index is 0.0761. The van der Waals surface area contributed by atoms with Gasteiger partial charge in [-0.05, 0) is 31.0 Å². The molecule has 1 saturated heterocycles. The number of aromatic nitrogens is 1. The number of benzene rings is 1. The molecular weight excluding hydrogens is 492 g/mol. The number of carbonyl (C=O) groups excluding carboxylic acids is 1. The number of anilines is 1. The molecule has 0 bridgehead atoms. The van der Waals surface area contributed by atoms with E-state index in [1.54, 1.807) is 23.1 Å². The van der Waals surface area contributed by atoms with E-state index in [0.29, 0.717) is 41.5 Å². The Balaban J connectivity index is 1.45. The first kappa shape index (κ1) is 24.4. The van der Waals surface area contributed by atoms with Crippen LogP contribution in [0, 0.1) is 5.92 Å². The Morgan fingerprint density at radius 3 is 2.56 bits per heavy atom. The van der Waals surface area contributed by atoms with Crippen LogP contribution in [0.3, 0.4) is 0 Å². The number of nitrogens with zero attached hydrogens (tertiary/aromatic N) is 3. The highest BCUT2D eigenvalue weighted by Crippen LogP contribution is 2.34. The lowest BCUT2D eigenvalue weighted by Gasteiger charge is -2.32. The minimum atomic E-state index is -4.51. The lowest BCUT2D eigenvalue weighted by molar-refractivity contribution is -0.137. The molecule has 1 fully saturated rings. The summed E-state index contributed by atoms with van der Waals surface area (Å²) < 4.78 is 38.3. The number of oxime groups is 1. The number of amides is 1. The second-order valence-electron chi connectivity index (χ2n) is 7.04. The van der Waals surface area contributed by atoms with Crippen LogP contribution in [0.4, 0.5) is 19.0 Å². The maximum absolute atomic E-state index is 12.8. The summed E-state index contributed by atoms with van der Waals surface area (Å²) in [6.45, 7) is 0.972. The predicted octanol–water partition coefficient (Wildman–Crippen LogP) is 5.55. The summed E-state index contributed by atoms with van der Waals surface area (Å²) in [6, 6.07) is 5.84. The van der Waals surface area contributed by atoms with Crippen LogP contribution in [0.25, 0.3) is 0 Å². The minimum Gasteiger partial charge on any atom is -0.390 e. The molecule has 1 aromatic carbocycles. The molecule has 0 saturated carbocycles. The summed E-state index contributed by atoms with van der Waals surface area (Å²) in [6.07, 6.45) is -1.62. The average Bonchev–Trinajstić information content (AvgIpc) is 2.74. The molecule has 0 radical (unpaired) electrons. The molecule has 0 unspecified atom stereocenters. The Morgan fingerprint density at radius 1 is 1.22 bits per heavy atom. The van der Waals surface area contributed by atoms with Crippen LogP contribution in [0.15, 0.2) is 35.6 Å². The Bertz CT molecular complexity index is 997. The molecule has 1 aromatic heterocycles. The number of rotatable bonds is 6. The number of piperidine rings is 1. The third-order valence-corrected chi connectivity index (χ3v) is 5.75. The molecule has 0 atom stereocenters. The van der Waals surface area contributed by atoms with Gasteiger partial charge >= 0.3 is 6.18 Å². The summed E-state index contributed by atoms with van der Waals surface area (Å²) >= 11 is 17.9. The Labute approximate surface area is 197 Å². The van der Waals surface area contributed by atoms with Gasteiger partial charge in [0, 0.05) is 40.8 Å². The van der Waals surface area contributed by atoms with Gasteiger partial charge in [-0.3, -0.25) is 4.79 Å². The van der Waals surface area contributed by atoms with Crippen molar-refractivity contribution in [1.29, 1.82) is 0 Å². The highest BCUT2D eigenvalue weighted by molar-refractivity contribution is 6.35. The van der Waals surface area contributed by atoms with Gasteiger partial charge in [-0.25, -0.2) is 4.98 Å². The van der Waals surface area contributed by atoms with Gasteiger partial charge in [0.15, 0.2) is 0 Å². The second kappa shape index (κ2) is 10.6. The number of nitrogens with one attached hydrogen (secondary N) is 1. The van der Waals surface area contributed by atoms with Crippen molar-refractivity contribution in [2.45, 2.75) is 25.6 Å². The Morgan fingerprint density at radius 2 is 1.94 bits per heavy atom. The van der Waals surface area contributed by atoms with E-state index in [-0.39, 0.29) is 29.3 Å². The summed E-state index contributed by atoms with van der Waals surface area (Å²) in [4.78, 5) is 23.1. The van der Waals surface area contributed by atoms with Gasteiger partial charge in [0.2, 0.25) is 5.91 Å². The van der Waals surface area contributed by atoms with E-state index < -0.39 is 11.7 Å². The third-order valence-electron chi connectivity index (χ3n) is 4.88. The molecule has 1 aliphatic rings. The van der Waals surface area contributed by atoms with Crippen LogP contribution >= 0.6 is 34.8 Å². The van der Waals surface area contributed by atoms with E-state index in [0.717, 1.165) is 18.6 Å². The van der Waals surface area contributed by atoms with Gasteiger partial charge < -0.3 is 15.1 Å². The molecule has 0 aliphatic carbocycles. The van der Waals surface area contributed by atoms with E-state index in [9.17, 15) is 18.0 Å². The van der Waals surface area contributed by atoms with E-state index in [4.69, 9.17) is 39.6 Å². The summed E-state index contributed by atoms with van der Waals surface area (Å²) in [7, 11) is 0. The standard InChI is InChI=1S/C20H18Cl3F3N4O2/c21-15-2-1-13(16(22)8-15)10-32-29-11-28-19(31)12-3-5-30(6-4-12)18-17(23)7-14(9-27-18)20(24,25)26/h1-2,7-9,11-12H,3-6,10H2,(H,28,29,31). The van der Waals surface area contributed by atoms with Crippen LogP contribution in [-0.2, 0) is 22.4 Å². The first-order valence-corrected chi connectivity index (χ1v) is 10.6. The fourth-order valence-corrected chi connectivity index (χ4v) is 3.91. The van der Waals surface area contributed by atoms with Crippen LogP contribution in [0.2, 0.25) is 15.1 Å². The van der Waals surface area contributed by atoms with E-state index in [1.807, 2.05) is 0 Å². The van der Waals surface area contributed by atoms with Gasteiger partial charge in [0.05, 0.1) is 10.6 Å². The highest BCUT2D eigenvalue weighted by Gasteiger charge is 2.33. The molecule has 1 N–H and O–H groups in total. The lowest BCUT2D eigenvalue weighted by Crippen LogP contribution is -2.40. The zero-order chi connectivity index (χ0) is 23.3. The Hall–Kier alpha value is -2.23. The summed E-state index contributed by atoms with van der Waals surface area (Å²) in [5.74, 6) is -0.237. The topological polar surface area (TPSA) is 66.8 Å². The molecule has 2 heterocycles. The molecule has 1 amide bonds. The maximum atomic E-state index is 12.8. The third kappa shape index (κ3) is 6.40. The van der Waals surface area contributed by atoms with E-state index >= 15 is 0 Å². The monoisotopic (exact) mass is 508 g/mol. The number of halogens is 6. The first-order valence-electron chi connectivity index (χ1n) is 9.51. The molecule has 1 aliphatic heterocycles. The van der Waals surface area contributed by atoms with E-state index in [1.165, 1.54) is 0 Å². The van der Waals surface area contributed by atoms with Crippen LogP contribution < -0.4 is 10.2 Å². The molecule has 2 aromatic rings. The van der Waals surface area contributed by atoms with Crippen molar-refractivity contribution >= 4 is 52.9 Å². The predicted molar refractivity (Wildman–Crippen MR) is 117 cm³/mol. The van der Waals surface area contributed by atoms with Crippen molar-refractivity contribution in [3.63, 3.8) is 0 Å². The van der Waals surface area contributed by atoms with Crippen molar-refractivity contribution in [3.8, 4) is 0 Å². The molecular formula is C20H18Cl3F3N4O2. The van der Waals surface area contributed by atoms with Crippen molar-refractivity contribution in [2.75, 3.05) is 18.0 Å². The lowest BCUT2D eigenvalue weighted by atomic mass is 9.96. The van der Waals surface area contributed by atoms with Gasteiger partial charge in [-0.1, -0.05) is 46.0 Å². The zero-order valence-electron chi connectivity index (χ0n) is 16.5. The van der Waals surface area contributed by atoms with Crippen LogP contribution in [-0.4, -0.2) is 30.3 Å². The smallest absolute Gasteiger partial charge is 0.390 e. The number of hydrogen-bond acceptors (Lipinski definition) is 5. The average molecular weight is 510 g/mol. The highest BCUT2D eigenvalue weighted by atomic mass is 35.5. The fraction of sp³-hybridized carbons (Fsp3) is 0.350. The number of hydrogen-bond donors (Lipinski definition) is 1. The largest absolute Gasteiger partial charge is 0.417 e. The first-order chi connectivity index (χ1) is 15.1. The van der Waals surface area contributed by atoms with Crippen molar-refractivity contribution in [2.24, 2.45) is 11.1 Å². The summed E-state index contributed by atoms with van der Waals surface area (Å²) in [5, 5.41) is 7.13. The Kier molecular flexibility index (Phi) is 8.08. The van der Waals surface area contributed by atoms with Crippen molar-refractivity contribution in [1.82, 2.24) is 10.3 Å². The van der Waals surface area contributed by atoms with Crippen molar-refractivity contribution in [3.05, 3.63) is 56.7 Å². The summed E-state index contributed by atoms with van der Waals surface area (Å²) in [5.41, 5.74) is -0.206.